The maximum absolute atomic E-state index is 11.4. The number of aromatic nitrogens is 2. The summed E-state index contributed by atoms with van der Waals surface area (Å²) in [5.74, 6) is -1.97. The molecular weight excluding hydrogens is 1730 g/mol. The molecule has 42 heteroatoms. The first-order valence-corrected chi connectivity index (χ1v) is 49.5. The smallest absolute Gasteiger partial charge is 0.472 e. The molecule has 1 aromatic heterocycles. The molecule has 3 rings (SSSR count). The molecule has 780 valence electrons. The van der Waals surface area contributed by atoms with E-state index in [-0.39, 0.29) is 128 Å². The van der Waals surface area contributed by atoms with Crippen molar-refractivity contribution in [1.29, 1.82) is 0 Å². The van der Waals surface area contributed by atoms with Crippen LogP contribution in [0.15, 0.2) is 12.5 Å². The first kappa shape index (κ1) is 145. The van der Waals surface area contributed by atoms with Gasteiger partial charge < -0.3 is 140 Å². The molecule has 40 nitrogen and oxygen atoms in total. The van der Waals surface area contributed by atoms with Gasteiger partial charge in [0.25, 0.3) is 0 Å². The van der Waals surface area contributed by atoms with Crippen molar-refractivity contribution in [3.63, 3.8) is 0 Å². The van der Waals surface area contributed by atoms with Crippen LogP contribution in [0.3, 0.4) is 0 Å². The maximum Gasteiger partial charge on any atom is 0.472 e. The van der Waals surface area contributed by atoms with Crippen LogP contribution in [0, 0.1) is 5.92 Å². The van der Waals surface area contributed by atoms with E-state index in [0.29, 0.717) is 44.6 Å². The third kappa shape index (κ3) is 111. The Hall–Kier alpha value is -5.37. The molecule has 7 amide bonds. The number of carbonyl (C=O) groups excluding carboxylic acids is 7. The summed E-state index contributed by atoms with van der Waals surface area (Å²) >= 11 is 0. The molecule has 0 radical (unpaired) electrons. The van der Waals surface area contributed by atoms with Crippen molar-refractivity contribution in [2.24, 2.45) is 34.6 Å². The van der Waals surface area contributed by atoms with E-state index in [4.69, 9.17) is 72.7 Å². The van der Waals surface area contributed by atoms with E-state index in [1.807, 2.05) is 111 Å². The number of H-pyrrole nitrogens is 1. The van der Waals surface area contributed by atoms with Crippen LogP contribution in [-0.2, 0) is 86.4 Å². The van der Waals surface area contributed by atoms with Gasteiger partial charge in [0, 0.05) is 112 Å². The number of phosphoric ester groups is 1. The van der Waals surface area contributed by atoms with Gasteiger partial charge >= 0.3 is 21.4 Å². The van der Waals surface area contributed by atoms with Gasteiger partial charge in [-0.05, 0) is 252 Å². The summed E-state index contributed by atoms with van der Waals surface area (Å²) in [6, 6.07) is -0.729. The lowest BCUT2D eigenvalue weighted by Gasteiger charge is -2.41. The molecule has 130 heavy (non-hydrogen) atoms. The van der Waals surface area contributed by atoms with Crippen LogP contribution in [0.2, 0.25) is 0 Å². The van der Waals surface area contributed by atoms with Crippen LogP contribution < -0.4 is 71.2 Å². The number of carboxylic acids is 1. The molecule has 2 saturated heterocycles. The van der Waals surface area contributed by atoms with Crippen LogP contribution >= 0.6 is 15.4 Å². The van der Waals surface area contributed by atoms with E-state index < -0.39 is 70.0 Å². The molecule has 2 fully saturated rings. The predicted molar refractivity (Wildman–Crippen MR) is 520 cm³/mol. The number of aliphatic carboxylic acids is 1. The number of aromatic amines is 1. The third-order valence-electron chi connectivity index (χ3n) is 15.2. The fourth-order valence-electron chi connectivity index (χ4n) is 9.38. The highest BCUT2D eigenvalue weighted by molar-refractivity contribution is 7.51. The molecule has 11 atom stereocenters. The molecule has 0 aromatic carbocycles. The number of carbonyl (C=O) groups is 8. The van der Waals surface area contributed by atoms with Gasteiger partial charge in [-0.15, -0.1) is 0 Å². The zero-order valence-electron chi connectivity index (χ0n) is 86.5. The van der Waals surface area contributed by atoms with E-state index in [1.165, 1.54) is 39.0 Å². The van der Waals surface area contributed by atoms with Gasteiger partial charge in [-0.1, -0.05) is 47.5 Å². The van der Waals surface area contributed by atoms with Gasteiger partial charge in [0.2, 0.25) is 41.4 Å². The lowest BCUT2D eigenvalue weighted by molar-refractivity contribution is -0.296. The van der Waals surface area contributed by atoms with Crippen molar-refractivity contribution in [1.82, 2.24) is 57.4 Å². The van der Waals surface area contributed by atoms with Crippen LogP contribution in [0.4, 0.5) is 0 Å². The highest BCUT2D eigenvalue weighted by atomic mass is 31.2. The van der Waals surface area contributed by atoms with Crippen LogP contribution in [-0.4, -0.2) is 299 Å². The third-order valence-corrected chi connectivity index (χ3v) is 17.1. The number of aliphatic hydroxyl groups is 4. The Balaban J connectivity index is -0.000000151. The number of piperidine rings is 1. The number of likely N-dealkylation sites (N-methyl/N-ethyl adjacent to an activating group) is 1. The SMILES string of the molecule is CC(C)N1CCCCC1.CC(C)NC(=O)[C@@H](N)CC(=O)O.CC(C)NC(=O)[C@@H](N)CCCCN.CC(C)NC(=O)[C@@H](N)CO.CC(C)NC(=O)[C@@H](N)Cc1cnc[nH]1.CC(C)OP(C)(=O)O.CC(C)O[C@@H]1O[C@H](CO)[C@@H](C)[C@H](O)[C@H]1O.CCC(=O)NC(C)C.CCCC(=O)NC(C)C.CCCOC(C)C.CCCOC(C)C.CNCC(=O)NC(C)C.COP(=O)(O)OC(C)C. The van der Waals surface area contributed by atoms with Crippen molar-refractivity contribution in [3.05, 3.63) is 18.2 Å². The van der Waals surface area contributed by atoms with Crippen molar-refractivity contribution >= 4 is 62.7 Å². The fraction of sp³-hybridized carbons (Fsp3) is 0.875. The van der Waals surface area contributed by atoms with Gasteiger partial charge in [0.05, 0.1) is 93.4 Å². The minimum absolute atomic E-state index is 0.0163. The normalized spacial score (nSPS) is 16.8. The van der Waals surface area contributed by atoms with Gasteiger partial charge in [-0.3, -0.25) is 52.0 Å². The van der Waals surface area contributed by atoms with Gasteiger partial charge in [-0.25, -0.2) is 9.55 Å². The minimum Gasteiger partial charge on any atom is -0.481 e. The lowest BCUT2D eigenvalue weighted by Crippen LogP contribution is -2.55. The molecule has 1 aromatic rings. The second kappa shape index (κ2) is 91.4. The van der Waals surface area contributed by atoms with Crippen molar-refractivity contribution < 1.29 is 115 Å². The summed E-state index contributed by atoms with van der Waals surface area (Å²) in [6.45, 7) is 65.7. The standard InChI is InChI=1S/C10H20O5.C9H16N4O.C9H21N3O.C8H17N.C7H14N2O3.C7H15NO.C6H14N2O2.C6H14N2O.C6H13NO.2C6H14O.C4H11O4P.C4H11O3P/c1-5(2)14-10-9(13)8(12)6(3)7(4-11)15-10;1-6(2)13-9(14)8(10)3-7-4-11-5-12-7;1-7(2)12-9(13)8(11)5-3-4-6-10;1-8(2)9-6-4-3-5-7-9;1-4(2)9-7(12)5(8)3-6(10)11;1-4-5-7(9)8-6(2)3;1-4(2)8-6(10)5(7)3-9;1-5(2)8-6(9)4-7-3;1-4-6(8)7-5(2)3;2*1-4-5-7-6(2)3;1-4(2)8-9(5,6)7-3;1-4(2)7-8(3,5)6/h5-13H,4H2,1-3H3;4-6,8H,3,10H2,1-2H3,(H,11,12)(H,13,14);7-8H,3-6,10-11H2,1-2H3,(H,12,13);8H,3-7H2,1-2H3;4-5H,3,8H2,1-2H3,(H,9,12)(H,10,11);6H,4-5H2,1-3H3,(H,8,9);4-5,9H,3,7H2,1-2H3,(H,8,10);5,7H,4H2,1-3H3,(H,8,9);5H,4H2,1-3H3,(H,7,8);2*6H,4-5H2,1-3H3;4H,1-3H3,(H,5,6);4H,1-3H3,(H,5,6)/t6-,7-,8+,9-,10-;2*8-;;5-;;5-;;;;;;/m100.0.0....../s1. The average molecular weight is 1920 g/mol. The van der Waals surface area contributed by atoms with Gasteiger partial charge in [-0.2, -0.15) is 0 Å². The number of phosphoric acid groups is 1. The van der Waals surface area contributed by atoms with E-state index in [0.717, 1.165) is 70.6 Å². The molecule has 2 aliphatic rings. The molecule has 0 aliphatic carbocycles. The topological polar surface area (TPSA) is 635 Å². The number of aliphatic hydroxyl groups excluding tert-OH is 4. The predicted octanol–water partition coefficient (Wildman–Crippen LogP) is 7.27. The molecule has 0 bridgehead atoms. The van der Waals surface area contributed by atoms with Crippen LogP contribution in [0.25, 0.3) is 0 Å². The lowest BCUT2D eigenvalue weighted by atomic mass is 9.91. The number of carboxylic acid groups (broad SMARTS) is 1. The summed E-state index contributed by atoms with van der Waals surface area (Å²) in [5.41, 5.74) is 28.0. The average Bonchev–Trinajstić information content (AvgIpc) is 0.988. The number of nitrogens with zero attached hydrogens (tertiary/aromatic N) is 2. The highest BCUT2D eigenvalue weighted by Gasteiger charge is 2.43. The molecular formula is C88H194N16O24P2. The Morgan fingerprint density at radius 1 is 0.554 bits per heavy atom. The van der Waals surface area contributed by atoms with Crippen molar-refractivity contribution in [2.75, 3.05) is 73.4 Å². The number of rotatable bonds is 40. The Morgan fingerprint density at radius 2 is 0.962 bits per heavy atom. The zero-order chi connectivity index (χ0) is 104. The largest absolute Gasteiger partial charge is 0.481 e. The summed E-state index contributed by atoms with van der Waals surface area (Å²) in [5, 5.41) is 66.9. The summed E-state index contributed by atoms with van der Waals surface area (Å²) in [4.78, 5) is 113. The Kier molecular flexibility index (Phi) is 102. The molecule has 0 spiro atoms. The number of hydrogen-bond acceptors (Lipinski definition) is 29. The number of unbranched alkanes of at least 4 members (excludes halogenated alkanes) is 1. The van der Waals surface area contributed by atoms with E-state index in [9.17, 15) is 57.7 Å². The van der Waals surface area contributed by atoms with Crippen molar-refractivity contribution in [3.8, 4) is 0 Å². The Labute approximate surface area is 783 Å². The van der Waals surface area contributed by atoms with E-state index in [1.54, 1.807) is 68.0 Å². The Bertz CT molecular complexity index is 2880. The number of amides is 7. The maximum atomic E-state index is 11.4. The number of nitrogens with one attached hydrogen (secondary N) is 9. The second-order valence-corrected chi connectivity index (χ2v) is 37.6. The number of likely N-dealkylation sites (tertiary alicyclic amines) is 1. The fourth-order valence-corrected chi connectivity index (χ4v) is 10.8. The highest BCUT2D eigenvalue weighted by Crippen LogP contribution is 2.43. The minimum atomic E-state index is -3.73. The quantitative estimate of drug-likeness (QED) is 0.0227. The van der Waals surface area contributed by atoms with Crippen LogP contribution in [0.1, 0.15) is 297 Å². The molecule has 0 saturated carbocycles. The summed E-state index contributed by atoms with van der Waals surface area (Å²) < 4.78 is 55.1. The molecule has 3 heterocycles. The molecule has 2 unspecified atom stereocenters. The summed E-state index contributed by atoms with van der Waals surface area (Å²) in [7, 11) is -4.07. The molecule has 26 N–H and O–H groups in total. The van der Waals surface area contributed by atoms with Crippen molar-refractivity contribution in [2.45, 2.75) is 426 Å². The summed E-state index contributed by atoms with van der Waals surface area (Å²) in [6.07, 6.45) is 11.5. The van der Waals surface area contributed by atoms with Gasteiger partial charge in [0.1, 0.15) is 12.1 Å². The first-order valence-electron chi connectivity index (χ1n) is 46.0. The van der Waals surface area contributed by atoms with E-state index >= 15 is 0 Å². The van der Waals surface area contributed by atoms with Gasteiger partial charge in [0.15, 0.2) is 6.29 Å². The number of ether oxygens (including phenoxy) is 4. The monoisotopic (exact) mass is 1920 g/mol. The van der Waals surface area contributed by atoms with E-state index in [2.05, 4.69) is 126 Å². The zero-order valence-corrected chi connectivity index (χ0v) is 88.2. The first-order chi connectivity index (χ1) is 59.9. The number of imidazole rings is 1. The number of hydrogen-bond donors (Lipinski definition) is 21. The van der Waals surface area contributed by atoms with Crippen LogP contribution in [0.5, 0.6) is 0 Å². The molecule has 2 aliphatic heterocycles. The number of nitrogens with two attached hydrogens (primary N) is 5. The second-order valence-electron chi connectivity index (χ2n) is 34.3. The Morgan fingerprint density at radius 3 is 1.24 bits per heavy atom.